The van der Waals surface area contributed by atoms with Gasteiger partial charge in [-0.15, -0.1) is 0 Å². The average Bonchev–Trinajstić information content (AvgIpc) is 2.37. The summed E-state index contributed by atoms with van der Waals surface area (Å²) in [4.78, 5) is 0. The number of aliphatic hydroxyl groups excluding tert-OH is 1. The van der Waals surface area contributed by atoms with E-state index in [2.05, 4.69) is 0 Å². The van der Waals surface area contributed by atoms with Gasteiger partial charge >= 0.3 is 6.18 Å². The van der Waals surface area contributed by atoms with Crippen molar-refractivity contribution in [3.8, 4) is 5.75 Å². The average molecular weight is 291 g/mol. The number of alkyl halides is 3. The lowest BCUT2D eigenvalue weighted by molar-refractivity contribution is -0.137. The molecule has 1 aromatic carbocycles. The number of benzene rings is 1. The molecule has 0 saturated heterocycles. The zero-order valence-corrected chi connectivity index (χ0v) is 11.6. The molecule has 0 saturated carbocycles. The van der Waals surface area contributed by atoms with Crippen LogP contribution in [0, 0.1) is 0 Å². The highest BCUT2D eigenvalue weighted by atomic mass is 19.4. The fourth-order valence-corrected chi connectivity index (χ4v) is 2.03. The Morgan fingerprint density at radius 2 is 2.00 bits per heavy atom. The van der Waals surface area contributed by atoms with E-state index >= 15 is 0 Å². The summed E-state index contributed by atoms with van der Waals surface area (Å²) in [6.45, 7) is 3.95. The molecule has 0 fully saturated rings. The molecule has 0 aliphatic heterocycles. The minimum absolute atomic E-state index is 0.0767. The van der Waals surface area contributed by atoms with Crippen LogP contribution in [0.5, 0.6) is 5.75 Å². The highest BCUT2D eigenvalue weighted by Gasteiger charge is 2.31. The van der Waals surface area contributed by atoms with Crippen LogP contribution in [-0.2, 0) is 6.18 Å². The van der Waals surface area contributed by atoms with Crippen LogP contribution in [0.15, 0.2) is 18.2 Å². The molecule has 3 N–H and O–H groups in total. The van der Waals surface area contributed by atoms with Crippen LogP contribution < -0.4 is 10.5 Å². The third-order valence-corrected chi connectivity index (χ3v) is 3.07. The second-order valence-corrected chi connectivity index (χ2v) is 4.71. The molecular weight excluding hydrogens is 271 g/mol. The first-order valence-electron chi connectivity index (χ1n) is 6.51. The van der Waals surface area contributed by atoms with Crippen LogP contribution in [0.1, 0.15) is 37.3 Å². The van der Waals surface area contributed by atoms with Gasteiger partial charge < -0.3 is 15.6 Å². The molecule has 20 heavy (non-hydrogen) atoms. The maximum atomic E-state index is 12.8. The van der Waals surface area contributed by atoms with E-state index in [0.29, 0.717) is 17.9 Å². The van der Waals surface area contributed by atoms with Crippen molar-refractivity contribution in [3.05, 3.63) is 29.3 Å². The van der Waals surface area contributed by atoms with E-state index < -0.39 is 17.8 Å². The Balaban J connectivity index is 3.11. The van der Waals surface area contributed by atoms with Crippen molar-refractivity contribution < 1.29 is 23.0 Å². The van der Waals surface area contributed by atoms with Gasteiger partial charge in [-0.2, -0.15) is 13.2 Å². The van der Waals surface area contributed by atoms with E-state index in [-0.39, 0.29) is 18.9 Å². The van der Waals surface area contributed by atoms with Crippen LogP contribution in [-0.4, -0.2) is 24.4 Å². The first-order valence-corrected chi connectivity index (χ1v) is 6.51. The molecule has 0 spiro atoms. The van der Waals surface area contributed by atoms with Crippen molar-refractivity contribution >= 4 is 0 Å². The van der Waals surface area contributed by atoms with Gasteiger partial charge in [-0.25, -0.2) is 0 Å². The molecule has 0 aliphatic rings. The van der Waals surface area contributed by atoms with Gasteiger partial charge in [-0.05, 0) is 43.0 Å². The van der Waals surface area contributed by atoms with Crippen molar-refractivity contribution in [2.45, 2.75) is 38.5 Å². The Kier molecular flexibility index (Phi) is 5.83. The van der Waals surface area contributed by atoms with Crippen molar-refractivity contribution in [1.82, 2.24) is 0 Å². The maximum absolute atomic E-state index is 12.8. The third-order valence-electron chi connectivity index (χ3n) is 3.07. The lowest BCUT2D eigenvalue weighted by Crippen LogP contribution is -2.22. The van der Waals surface area contributed by atoms with Gasteiger partial charge in [0.25, 0.3) is 0 Å². The largest absolute Gasteiger partial charge is 0.494 e. The molecule has 6 heteroatoms. The van der Waals surface area contributed by atoms with Crippen LogP contribution >= 0.6 is 0 Å². The number of hydrogen-bond donors (Lipinski definition) is 2. The smallest absolute Gasteiger partial charge is 0.416 e. The summed E-state index contributed by atoms with van der Waals surface area (Å²) in [6, 6.07) is 3.41. The summed E-state index contributed by atoms with van der Waals surface area (Å²) in [7, 11) is 0. The van der Waals surface area contributed by atoms with Gasteiger partial charge in [0.05, 0.1) is 18.3 Å². The summed E-state index contributed by atoms with van der Waals surface area (Å²) in [6.07, 6.45) is -4.85. The molecule has 1 aromatic rings. The number of hydrogen-bond acceptors (Lipinski definition) is 3. The fourth-order valence-electron chi connectivity index (χ4n) is 2.03. The minimum atomic E-state index is -4.40. The summed E-state index contributed by atoms with van der Waals surface area (Å²) in [5.74, 6) is 0.134. The summed E-state index contributed by atoms with van der Waals surface area (Å²) in [5, 5.41) is 9.55. The fraction of sp³-hybridized carbons (Fsp3) is 0.571. The molecule has 0 heterocycles. The number of nitrogens with two attached hydrogens (primary N) is 1. The summed E-state index contributed by atoms with van der Waals surface area (Å²) in [5.41, 5.74) is 5.05. The van der Waals surface area contributed by atoms with E-state index in [4.69, 9.17) is 10.5 Å². The van der Waals surface area contributed by atoms with Crippen LogP contribution in [0.3, 0.4) is 0 Å². The molecule has 0 aromatic heterocycles. The second-order valence-electron chi connectivity index (χ2n) is 4.71. The molecule has 0 radical (unpaired) electrons. The van der Waals surface area contributed by atoms with Crippen molar-refractivity contribution in [2.24, 2.45) is 5.73 Å². The number of aliphatic hydroxyl groups is 1. The highest BCUT2D eigenvalue weighted by Crippen LogP contribution is 2.36. The first-order chi connectivity index (χ1) is 9.29. The van der Waals surface area contributed by atoms with Gasteiger partial charge in [0.1, 0.15) is 5.75 Å². The van der Waals surface area contributed by atoms with Gasteiger partial charge in [0, 0.05) is 6.54 Å². The molecule has 114 valence electrons. The van der Waals surface area contributed by atoms with E-state index in [1.807, 2.05) is 0 Å². The minimum Gasteiger partial charge on any atom is -0.494 e. The number of ether oxygens (including phenoxy) is 1. The zero-order valence-electron chi connectivity index (χ0n) is 11.6. The topological polar surface area (TPSA) is 55.5 Å². The third kappa shape index (κ3) is 4.38. The van der Waals surface area contributed by atoms with Gasteiger partial charge in [0.15, 0.2) is 0 Å². The maximum Gasteiger partial charge on any atom is 0.416 e. The molecule has 3 nitrogen and oxygen atoms in total. The van der Waals surface area contributed by atoms with E-state index in [1.165, 1.54) is 6.07 Å². The molecule has 1 rings (SSSR count). The Morgan fingerprint density at radius 1 is 1.35 bits per heavy atom. The normalized spacial score (nSPS) is 14.9. The Hall–Kier alpha value is -1.27. The Labute approximate surface area is 116 Å². The number of halogens is 3. The predicted octanol–water partition coefficient (Wildman–Crippen LogP) is 2.92. The van der Waals surface area contributed by atoms with E-state index in [1.54, 1.807) is 13.8 Å². The molecule has 0 aliphatic carbocycles. The Bertz CT molecular complexity index is 435. The molecule has 2 unspecified atom stereocenters. The molecule has 0 bridgehead atoms. The van der Waals surface area contributed by atoms with Gasteiger partial charge in [-0.3, -0.25) is 0 Å². The summed E-state index contributed by atoms with van der Waals surface area (Å²) >= 11 is 0. The van der Waals surface area contributed by atoms with Gasteiger partial charge in [-0.1, -0.05) is 6.92 Å². The van der Waals surface area contributed by atoms with Crippen LogP contribution in [0.25, 0.3) is 0 Å². The predicted molar refractivity (Wildman–Crippen MR) is 70.7 cm³/mol. The first kappa shape index (κ1) is 16.8. The number of rotatable bonds is 6. The van der Waals surface area contributed by atoms with E-state index in [0.717, 1.165) is 12.1 Å². The second kappa shape index (κ2) is 6.95. The van der Waals surface area contributed by atoms with Crippen molar-refractivity contribution in [2.75, 3.05) is 13.2 Å². The van der Waals surface area contributed by atoms with E-state index in [9.17, 15) is 18.3 Å². The summed E-state index contributed by atoms with van der Waals surface area (Å²) < 4.78 is 43.7. The highest BCUT2D eigenvalue weighted by molar-refractivity contribution is 5.40. The lowest BCUT2D eigenvalue weighted by Gasteiger charge is -2.20. The standard InChI is InChI=1S/C14H20F3NO2/c1-3-20-13-5-4-10(14(15,16)17)7-12(13)9(2)6-11(19)8-18/h4-5,7,9,11,19H,3,6,8,18H2,1-2H3. The van der Waals surface area contributed by atoms with Crippen molar-refractivity contribution in [3.63, 3.8) is 0 Å². The molecular formula is C14H20F3NO2. The SMILES string of the molecule is CCOc1ccc(C(F)(F)F)cc1C(C)CC(O)CN. The monoisotopic (exact) mass is 291 g/mol. The molecule has 0 amide bonds. The Morgan fingerprint density at radius 3 is 2.50 bits per heavy atom. The lowest BCUT2D eigenvalue weighted by atomic mass is 9.92. The zero-order chi connectivity index (χ0) is 15.3. The van der Waals surface area contributed by atoms with Crippen LogP contribution in [0.2, 0.25) is 0 Å². The molecule has 2 atom stereocenters. The van der Waals surface area contributed by atoms with Gasteiger partial charge in [0.2, 0.25) is 0 Å². The van der Waals surface area contributed by atoms with Crippen molar-refractivity contribution in [1.29, 1.82) is 0 Å². The van der Waals surface area contributed by atoms with Crippen LogP contribution in [0.4, 0.5) is 13.2 Å². The quantitative estimate of drug-likeness (QED) is 0.847.